The molecule has 4 aromatic rings. The molecule has 3 fully saturated rings. The summed E-state index contributed by atoms with van der Waals surface area (Å²) in [6.45, 7) is -2.48. The minimum atomic E-state index is -3.96. The molecule has 23 heteroatoms. The van der Waals surface area contributed by atoms with E-state index in [9.17, 15) is 14.3 Å². The number of fused-ring (bicyclic) bond motifs is 5. The Morgan fingerprint density at radius 1 is 1.09 bits per heavy atom. The minimum absolute atomic E-state index is 0.0573. The molecule has 0 amide bonds. The Hall–Kier alpha value is -2.04. The van der Waals surface area contributed by atoms with Gasteiger partial charge in [-0.2, -0.15) is 0 Å². The number of nitrogen functional groups attached to an aromatic ring is 2. The van der Waals surface area contributed by atoms with Crippen LogP contribution in [0.3, 0.4) is 0 Å². The summed E-state index contributed by atoms with van der Waals surface area (Å²) >= 11 is 12.0. The van der Waals surface area contributed by atoms with E-state index in [0.29, 0.717) is 11.2 Å². The average Bonchev–Trinajstić information content (AvgIpc) is 3.74. The molecule has 3 saturated heterocycles. The van der Waals surface area contributed by atoms with E-state index in [1.165, 1.54) is 23.5 Å². The molecule has 0 aromatic carbocycles. The largest absolute Gasteiger partial charge is 0.382 e. The van der Waals surface area contributed by atoms with E-state index in [0.717, 1.165) is 0 Å². The molecule has 3 aliphatic heterocycles. The van der Waals surface area contributed by atoms with Gasteiger partial charge in [0.25, 0.3) is 6.57 Å². The van der Waals surface area contributed by atoms with Gasteiger partial charge in [-0.3, -0.25) is 9.13 Å². The van der Waals surface area contributed by atoms with Gasteiger partial charge in [0.2, 0.25) is 0 Å². The number of aromatic nitrogens is 8. The van der Waals surface area contributed by atoms with Gasteiger partial charge in [0.05, 0.1) is 29.6 Å². The maximum absolute atomic E-state index is 14.2. The monoisotopic (exact) mass is 824 g/mol. The van der Waals surface area contributed by atoms with Crippen molar-refractivity contribution >= 4 is 93.9 Å². The zero-order valence-corrected chi connectivity index (χ0v) is 29.3. The summed E-state index contributed by atoms with van der Waals surface area (Å²) in [5.74, 6) is -1.02. The SMILES string of the molecule is C=C1[C@@H]2C(I)C(COP(O)(=S)OC3[C@@H](COP1(=O)S)O[C@@H](n1cnc4c(N)ncnc41)[C@H]3C)O[C@H]2n1c(=O)[nH]c2c(N)ncnc21. The molecule has 246 valence electrons. The van der Waals surface area contributed by atoms with Gasteiger partial charge < -0.3 is 44.4 Å². The van der Waals surface area contributed by atoms with E-state index in [-0.39, 0.29) is 41.3 Å². The number of anilines is 2. The van der Waals surface area contributed by atoms with Gasteiger partial charge in [0.15, 0.2) is 22.9 Å². The van der Waals surface area contributed by atoms with Crippen molar-refractivity contribution in [3.8, 4) is 0 Å². The van der Waals surface area contributed by atoms with Crippen LogP contribution in [0.5, 0.6) is 0 Å². The van der Waals surface area contributed by atoms with Crippen LogP contribution in [0.15, 0.2) is 35.7 Å². The minimum Gasteiger partial charge on any atom is -0.382 e. The molecule has 6 N–H and O–H groups in total. The lowest BCUT2D eigenvalue weighted by Gasteiger charge is -2.28. The van der Waals surface area contributed by atoms with Gasteiger partial charge in [-0.15, -0.1) is 0 Å². The highest BCUT2D eigenvalue weighted by Crippen LogP contribution is 2.66. The van der Waals surface area contributed by atoms with Gasteiger partial charge in [-0.05, 0) is 11.8 Å². The van der Waals surface area contributed by atoms with E-state index in [2.05, 4.69) is 71.3 Å². The van der Waals surface area contributed by atoms with E-state index in [1.54, 1.807) is 4.57 Å². The first-order valence-electron chi connectivity index (χ1n) is 13.7. The third-order valence-electron chi connectivity index (χ3n) is 8.24. The highest BCUT2D eigenvalue weighted by atomic mass is 127. The van der Waals surface area contributed by atoms with Crippen molar-refractivity contribution in [2.24, 2.45) is 11.8 Å². The van der Waals surface area contributed by atoms with Crippen molar-refractivity contribution in [1.82, 2.24) is 39.0 Å². The molecular weight excluding hydrogens is 797 g/mol. The predicted octanol–water partition coefficient (Wildman–Crippen LogP) is 2.26. The smallest absolute Gasteiger partial charge is 0.329 e. The first-order chi connectivity index (χ1) is 21.8. The number of H-pyrrole nitrogens is 1. The van der Waals surface area contributed by atoms with Gasteiger partial charge in [0, 0.05) is 17.2 Å². The second-order valence-electron chi connectivity index (χ2n) is 10.9. The predicted molar refractivity (Wildman–Crippen MR) is 180 cm³/mol. The molecule has 2 bridgehead atoms. The number of nitrogens with zero attached hydrogens (tertiary/aromatic N) is 7. The molecule has 0 radical (unpaired) electrons. The highest BCUT2D eigenvalue weighted by molar-refractivity contribution is 14.1. The van der Waals surface area contributed by atoms with Crippen LogP contribution in [0.1, 0.15) is 19.4 Å². The Labute approximate surface area is 283 Å². The molecule has 18 nitrogen and oxygen atoms in total. The van der Waals surface area contributed by atoms with Crippen LogP contribution in [-0.4, -0.2) is 79.4 Å². The summed E-state index contributed by atoms with van der Waals surface area (Å²) in [4.78, 5) is 47.8. The molecule has 0 aliphatic carbocycles. The summed E-state index contributed by atoms with van der Waals surface area (Å²) < 4.78 is 47.1. The van der Waals surface area contributed by atoms with E-state index in [4.69, 9.17) is 46.3 Å². The fourth-order valence-electron chi connectivity index (χ4n) is 5.97. The Kier molecular flexibility index (Phi) is 8.36. The Balaban J connectivity index is 1.24. The summed E-state index contributed by atoms with van der Waals surface area (Å²) in [5.41, 5.74) is 12.5. The Bertz CT molecular complexity index is 2030. The molecule has 0 saturated carbocycles. The molecular formula is C23H27IN10O8P2S2. The number of imidazole rings is 2. The number of thiol groups is 1. The van der Waals surface area contributed by atoms with Crippen molar-refractivity contribution < 1.29 is 32.5 Å². The first kappa shape index (κ1) is 32.5. The number of aromatic amines is 1. The van der Waals surface area contributed by atoms with Gasteiger partial charge in [-0.25, -0.2) is 34.3 Å². The topological polar surface area (TPSA) is 243 Å². The quantitative estimate of drug-likeness (QED) is 0.0843. The average molecular weight is 825 g/mol. The fraction of sp³-hybridized carbons (Fsp3) is 0.478. The summed E-state index contributed by atoms with van der Waals surface area (Å²) in [6, 6.07) is 0. The summed E-state index contributed by atoms with van der Waals surface area (Å²) in [7, 11) is 0. The molecule has 7 rings (SSSR count). The third kappa shape index (κ3) is 5.42. The first-order valence-corrected chi connectivity index (χ1v) is 20.3. The van der Waals surface area contributed by atoms with Gasteiger partial charge in [-0.1, -0.05) is 48.3 Å². The van der Waals surface area contributed by atoms with Crippen LogP contribution in [0.25, 0.3) is 22.3 Å². The molecule has 0 spiro atoms. The number of halogens is 1. The molecule has 5 unspecified atom stereocenters. The molecule has 4 aromatic heterocycles. The maximum Gasteiger partial charge on any atom is 0.329 e. The molecule has 46 heavy (non-hydrogen) atoms. The van der Waals surface area contributed by atoms with Crippen LogP contribution < -0.4 is 17.2 Å². The summed E-state index contributed by atoms with van der Waals surface area (Å²) in [6.07, 6.45) is -0.355. The third-order valence-corrected chi connectivity index (χ3v) is 14.0. The van der Waals surface area contributed by atoms with E-state index in [1.807, 2.05) is 6.92 Å². The van der Waals surface area contributed by atoms with Crippen LogP contribution in [0, 0.1) is 11.8 Å². The van der Waals surface area contributed by atoms with E-state index < -0.39 is 65.5 Å². The van der Waals surface area contributed by atoms with E-state index >= 15 is 0 Å². The Morgan fingerprint density at radius 2 is 1.76 bits per heavy atom. The normalized spacial score (nSPS) is 37.2. The lowest BCUT2D eigenvalue weighted by Crippen LogP contribution is -2.32. The Morgan fingerprint density at radius 3 is 2.52 bits per heavy atom. The molecule has 3 aliphatic rings. The number of hydrogen-bond acceptors (Lipinski definition) is 15. The number of rotatable bonds is 2. The number of ether oxygens (including phenoxy) is 2. The highest BCUT2D eigenvalue weighted by Gasteiger charge is 2.53. The summed E-state index contributed by atoms with van der Waals surface area (Å²) in [5, 5.41) is 0.0848. The lowest BCUT2D eigenvalue weighted by molar-refractivity contribution is -0.0429. The van der Waals surface area contributed by atoms with Gasteiger partial charge in [0.1, 0.15) is 48.4 Å². The zero-order chi connectivity index (χ0) is 32.7. The lowest BCUT2D eigenvalue weighted by atomic mass is 10.0. The second kappa shape index (κ2) is 11.8. The van der Waals surface area contributed by atoms with Crippen molar-refractivity contribution in [3.05, 3.63) is 41.4 Å². The van der Waals surface area contributed by atoms with Crippen molar-refractivity contribution in [2.75, 3.05) is 24.7 Å². The standard InChI is InChI=1S/C23H27IN10O8P2S2/c1-8-16-11(41-21(8)33-7-31-14-17(25)27-5-29-19(14)33)4-38-43(36,45)9(2)12-13(24)10(3-39-44(37,46)42-16)40-22(12)34-20-15(32-23(34)35)18(26)28-6-30-20/h5-8,10-13,16,21-22H,2-4H2,1H3,(H,32,35)(H,36,45)(H,37,46)(H2,25,27,29)(H2,26,28,30)/t8-,10?,11+,12+,13?,16?,21+,22+,43?,44?/m0/s1. The van der Waals surface area contributed by atoms with Crippen molar-refractivity contribution in [2.45, 2.75) is 41.6 Å². The zero-order valence-electron chi connectivity index (χ0n) is 23.7. The van der Waals surface area contributed by atoms with Crippen molar-refractivity contribution in [3.63, 3.8) is 0 Å². The second-order valence-corrected chi connectivity index (χ2v) is 18.6. The van der Waals surface area contributed by atoms with Crippen LogP contribution in [0.2, 0.25) is 0 Å². The van der Waals surface area contributed by atoms with Gasteiger partial charge >= 0.3 is 12.4 Å². The number of alkyl halides is 1. The van der Waals surface area contributed by atoms with Crippen LogP contribution >= 0.6 is 48.1 Å². The molecule has 10 atom stereocenters. The van der Waals surface area contributed by atoms with Crippen LogP contribution in [0.4, 0.5) is 11.6 Å². The van der Waals surface area contributed by atoms with Crippen LogP contribution in [-0.2, 0) is 39.4 Å². The number of nitrogens with two attached hydrogens (primary N) is 2. The maximum atomic E-state index is 14.2. The number of nitrogens with one attached hydrogen (secondary N) is 1. The van der Waals surface area contributed by atoms with Crippen molar-refractivity contribution in [1.29, 1.82) is 0 Å². The fourth-order valence-corrected chi connectivity index (χ4v) is 10.7. The molecule has 7 heterocycles. The number of hydrogen-bond donors (Lipinski definition) is 5.